The van der Waals surface area contributed by atoms with E-state index in [1.807, 2.05) is 48.5 Å². The molecule has 1 aromatic heterocycles. The summed E-state index contributed by atoms with van der Waals surface area (Å²) < 4.78 is 11.4. The summed E-state index contributed by atoms with van der Waals surface area (Å²) in [5, 5.41) is 15.4. The van der Waals surface area contributed by atoms with Crippen LogP contribution in [0.15, 0.2) is 72.3 Å². The molecular formula is C32H28N2O4S. The number of hydrogen-bond donors (Lipinski definition) is 1. The Kier molecular flexibility index (Phi) is 8.04. The molecule has 0 fully saturated rings. The Balaban J connectivity index is 1.39. The first-order chi connectivity index (χ1) is 19.1. The van der Waals surface area contributed by atoms with Crippen LogP contribution in [0.1, 0.15) is 51.7 Å². The minimum atomic E-state index is -0.578. The number of nitrogens with one attached hydrogen (secondary N) is 1. The maximum Gasteiger partial charge on any atom is 0.341 e. The maximum atomic E-state index is 13.2. The number of nitrogens with zero attached hydrogens (tertiary/aromatic N) is 1. The molecule has 39 heavy (non-hydrogen) atoms. The molecule has 196 valence electrons. The van der Waals surface area contributed by atoms with E-state index in [1.165, 1.54) is 17.4 Å². The standard InChI is InChI=1S/C32H28N2O4S/c1-2-37-32(36)29-26-15-6-8-17-28(26)39-31(29)34-30(35)24(19-33)18-22-11-4-7-16-27(22)38-20-23-13-9-12-21-10-3-5-14-25(21)23/h3-5,7,9-14,16,18H,2,6,8,15,17,20H2,1H3,(H,34,35)/b24-18+. The van der Waals surface area contributed by atoms with Crippen LogP contribution in [0.4, 0.5) is 5.00 Å². The van der Waals surface area contributed by atoms with Gasteiger partial charge in [0.05, 0.1) is 12.2 Å². The maximum absolute atomic E-state index is 13.2. The fourth-order valence-electron chi connectivity index (χ4n) is 4.85. The van der Waals surface area contributed by atoms with Crippen molar-refractivity contribution in [3.8, 4) is 11.8 Å². The number of esters is 1. The largest absolute Gasteiger partial charge is 0.488 e. The van der Waals surface area contributed by atoms with Crippen LogP contribution in [-0.4, -0.2) is 18.5 Å². The molecule has 6 nitrogen and oxygen atoms in total. The lowest BCUT2D eigenvalue weighted by Gasteiger charge is -2.12. The quantitative estimate of drug-likeness (QED) is 0.148. The number of amides is 1. The SMILES string of the molecule is CCOC(=O)c1c(NC(=O)/C(C#N)=C/c2ccccc2OCc2cccc3ccccc23)sc2c1CCCC2. The summed E-state index contributed by atoms with van der Waals surface area (Å²) in [6.07, 6.45) is 5.19. The second-order valence-electron chi connectivity index (χ2n) is 9.22. The Hall–Kier alpha value is -4.41. The van der Waals surface area contributed by atoms with Crippen molar-refractivity contribution in [2.75, 3.05) is 11.9 Å². The molecule has 0 saturated carbocycles. The van der Waals surface area contributed by atoms with E-state index in [2.05, 4.69) is 23.5 Å². The molecule has 1 aliphatic rings. The van der Waals surface area contributed by atoms with Crippen molar-refractivity contribution in [2.24, 2.45) is 0 Å². The molecule has 1 heterocycles. The molecule has 1 amide bonds. The highest BCUT2D eigenvalue weighted by Gasteiger charge is 2.28. The number of fused-ring (bicyclic) bond motifs is 2. The lowest BCUT2D eigenvalue weighted by Crippen LogP contribution is -2.16. The smallest absolute Gasteiger partial charge is 0.341 e. The number of thiophene rings is 1. The molecule has 7 heteroatoms. The minimum Gasteiger partial charge on any atom is -0.488 e. The molecule has 5 rings (SSSR count). The molecule has 0 spiro atoms. The van der Waals surface area contributed by atoms with Gasteiger partial charge in [0.2, 0.25) is 0 Å². The van der Waals surface area contributed by atoms with Gasteiger partial charge in [-0.2, -0.15) is 5.26 Å². The summed E-state index contributed by atoms with van der Waals surface area (Å²) >= 11 is 1.39. The van der Waals surface area contributed by atoms with Crippen LogP contribution < -0.4 is 10.1 Å². The van der Waals surface area contributed by atoms with Gasteiger partial charge >= 0.3 is 5.97 Å². The van der Waals surface area contributed by atoms with E-state index in [-0.39, 0.29) is 12.2 Å². The van der Waals surface area contributed by atoms with Gasteiger partial charge in [0.1, 0.15) is 29.0 Å². The van der Waals surface area contributed by atoms with Gasteiger partial charge in [-0.3, -0.25) is 4.79 Å². The third-order valence-corrected chi connectivity index (χ3v) is 7.93. The first kappa shape index (κ1) is 26.2. The van der Waals surface area contributed by atoms with Crippen LogP contribution in [0.25, 0.3) is 16.8 Å². The normalized spacial score (nSPS) is 12.9. The number of rotatable bonds is 8. The zero-order chi connectivity index (χ0) is 27.2. The third-order valence-electron chi connectivity index (χ3n) is 6.72. The summed E-state index contributed by atoms with van der Waals surface area (Å²) in [6, 6.07) is 23.5. The minimum absolute atomic E-state index is 0.0857. The highest BCUT2D eigenvalue weighted by molar-refractivity contribution is 7.17. The first-order valence-corrected chi connectivity index (χ1v) is 13.8. The number of carbonyl (C=O) groups is 2. The van der Waals surface area contributed by atoms with Crippen LogP contribution >= 0.6 is 11.3 Å². The van der Waals surface area contributed by atoms with Crippen LogP contribution in [0.2, 0.25) is 0 Å². The lowest BCUT2D eigenvalue weighted by atomic mass is 9.95. The Morgan fingerprint density at radius 2 is 1.79 bits per heavy atom. The van der Waals surface area contributed by atoms with Crippen LogP contribution in [0.3, 0.4) is 0 Å². The number of para-hydroxylation sites is 1. The third kappa shape index (κ3) is 5.71. The summed E-state index contributed by atoms with van der Waals surface area (Å²) in [5.41, 5.74) is 2.94. The van der Waals surface area contributed by atoms with Gasteiger partial charge in [-0.25, -0.2) is 4.79 Å². The highest BCUT2D eigenvalue weighted by Crippen LogP contribution is 2.39. The van der Waals surface area contributed by atoms with Crippen molar-refractivity contribution >= 4 is 45.1 Å². The predicted octanol–water partition coefficient (Wildman–Crippen LogP) is 7.08. The summed E-state index contributed by atoms with van der Waals surface area (Å²) in [6.45, 7) is 2.34. The van der Waals surface area contributed by atoms with Gasteiger partial charge < -0.3 is 14.8 Å². The van der Waals surface area contributed by atoms with Crippen LogP contribution in [0, 0.1) is 11.3 Å². The molecule has 0 saturated heterocycles. The van der Waals surface area contributed by atoms with Gasteiger partial charge in [0.25, 0.3) is 5.91 Å². The lowest BCUT2D eigenvalue weighted by molar-refractivity contribution is -0.112. The van der Waals surface area contributed by atoms with Gasteiger partial charge in [0.15, 0.2) is 0 Å². The summed E-state index contributed by atoms with van der Waals surface area (Å²) in [5.74, 6) is -0.461. The average Bonchev–Trinajstić information content (AvgIpc) is 3.33. The van der Waals surface area contributed by atoms with Crippen molar-refractivity contribution in [2.45, 2.75) is 39.2 Å². The Bertz CT molecular complexity index is 1610. The molecule has 4 aromatic rings. The van der Waals surface area contributed by atoms with Gasteiger partial charge in [-0.1, -0.05) is 60.7 Å². The summed E-state index contributed by atoms with van der Waals surface area (Å²) in [4.78, 5) is 27.1. The van der Waals surface area contributed by atoms with Crippen molar-refractivity contribution in [1.29, 1.82) is 5.26 Å². The van der Waals surface area contributed by atoms with Gasteiger partial charge in [-0.15, -0.1) is 11.3 Å². The number of benzene rings is 3. The van der Waals surface area contributed by atoms with Crippen LogP contribution in [-0.2, 0) is 29.0 Å². The number of ether oxygens (including phenoxy) is 2. The van der Waals surface area contributed by atoms with Gasteiger partial charge in [0, 0.05) is 10.4 Å². The topological polar surface area (TPSA) is 88.4 Å². The molecule has 1 aliphatic carbocycles. The highest BCUT2D eigenvalue weighted by atomic mass is 32.1. The van der Waals surface area contributed by atoms with E-state index in [0.717, 1.165) is 52.5 Å². The molecule has 0 unspecified atom stereocenters. The number of carbonyl (C=O) groups excluding carboxylic acids is 2. The Labute approximate surface area is 231 Å². The first-order valence-electron chi connectivity index (χ1n) is 13.0. The molecule has 3 aromatic carbocycles. The van der Waals surface area contributed by atoms with E-state index in [4.69, 9.17) is 9.47 Å². The monoisotopic (exact) mass is 536 g/mol. The van der Waals surface area contributed by atoms with E-state index < -0.39 is 11.9 Å². The van der Waals surface area contributed by atoms with Crippen molar-refractivity contribution in [3.63, 3.8) is 0 Å². The van der Waals surface area contributed by atoms with Crippen molar-refractivity contribution in [3.05, 3.63) is 99.4 Å². The Morgan fingerprint density at radius 1 is 1.03 bits per heavy atom. The fourth-order valence-corrected chi connectivity index (χ4v) is 6.13. The Morgan fingerprint density at radius 3 is 2.64 bits per heavy atom. The van der Waals surface area contributed by atoms with E-state index in [9.17, 15) is 14.9 Å². The number of aryl methyl sites for hydroxylation is 1. The van der Waals surface area contributed by atoms with Crippen molar-refractivity contribution < 1.29 is 19.1 Å². The second kappa shape index (κ2) is 12.0. The molecule has 0 radical (unpaired) electrons. The molecule has 0 atom stereocenters. The second-order valence-corrected chi connectivity index (χ2v) is 10.3. The van der Waals surface area contributed by atoms with Crippen LogP contribution in [0.5, 0.6) is 5.75 Å². The molecule has 0 aliphatic heterocycles. The zero-order valence-electron chi connectivity index (χ0n) is 21.7. The molecule has 1 N–H and O–H groups in total. The fraction of sp³-hybridized carbons (Fsp3) is 0.219. The van der Waals surface area contributed by atoms with Crippen molar-refractivity contribution in [1.82, 2.24) is 0 Å². The van der Waals surface area contributed by atoms with E-state index in [1.54, 1.807) is 13.0 Å². The average molecular weight is 537 g/mol. The molecular weight excluding hydrogens is 508 g/mol. The number of anilines is 1. The van der Waals surface area contributed by atoms with E-state index >= 15 is 0 Å². The molecule has 0 bridgehead atoms. The van der Waals surface area contributed by atoms with Gasteiger partial charge in [-0.05, 0) is 66.6 Å². The van der Waals surface area contributed by atoms with E-state index in [0.29, 0.717) is 28.5 Å². The number of nitriles is 1. The zero-order valence-corrected chi connectivity index (χ0v) is 22.5. The predicted molar refractivity (Wildman–Crippen MR) is 154 cm³/mol. The number of hydrogen-bond acceptors (Lipinski definition) is 6. The summed E-state index contributed by atoms with van der Waals surface area (Å²) in [7, 11) is 0.